The molecule has 4 N–H and O–H groups in total. The van der Waals surface area contributed by atoms with E-state index in [9.17, 15) is 19.5 Å². The van der Waals surface area contributed by atoms with Gasteiger partial charge in [0.25, 0.3) is 5.91 Å². The number of carbonyl (C=O) groups is 3. The number of hydrogen-bond donors (Lipinski definition) is 3. The quantitative estimate of drug-likeness (QED) is 0.722. The average Bonchev–Trinajstić information content (AvgIpc) is 3.24. The first-order valence-corrected chi connectivity index (χ1v) is 8.95. The van der Waals surface area contributed by atoms with Crippen molar-refractivity contribution < 1.29 is 19.5 Å². The standard InChI is InChI=1S/C17H18N2O4S/c18-14(20)13-9-2-1-3-10(9)24-16(13)19-15(21)11-7-4-5-8(6-7)12(11)17(22)23/h4-5,7-8,11-12H,1-3,6H2,(H2,18,20)(H,19,21)(H,22,23). The van der Waals surface area contributed by atoms with E-state index in [0.29, 0.717) is 17.0 Å². The SMILES string of the molecule is NC(=O)c1c(NC(=O)C2C3C=CC(C3)C2C(=O)O)sc2c1CCC2. The Kier molecular flexibility index (Phi) is 3.49. The first kappa shape index (κ1) is 15.4. The third kappa shape index (κ3) is 2.18. The number of primary amides is 1. The summed E-state index contributed by atoms with van der Waals surface area (Å²) in [6.07, 6.45) is 7.24. The molecule has 4 rings (SSSR count). The molecule has 0 spiro atoms. The molecule has 1 aromatic heterocycles. The normalized spacial score (nSPS) is 29.7. The molecule has 0 aromatic carbocycles. The Morgan fingerprint density at radius 2 is 1.88 bits per heavy atom. The van der Waals surface area contributed by atoms with Gasteiger partial charge in [0.2, 0.25) is 5.91 Å². The summed E-state index contributed by atoms with van der Waals surface area (Å²) in [4.78, 5) is 37.2. The highest BCUT2D eigenvalue weighted by molar-refractivity contribution is 7.17. The molecule has 4 atom stereocenters. The number of thiophene rings is 1. The summed E-state index contributed by atoms with van der Waals surface area (Å²) in [5, 5.41) is 12.8. The Morgan fingerprint density at radius 1 is 1.17 bits per heavy atom. The lowest BCUT2D eigenvalue weighted by Gasteiger charge is -2.23. The highest BCUT2D eigenvalue weighted by Gasteiger charge is 2.51. The fourth-order valence-electron chi connectivity index (χ4n) is 4.46. The van der Waals surface area contributed by atoms with Crippen LogP contribution in [-0.2, 0) is 22.4 Å². The molecule has 0 saturated heterocycles. The lowest BCUT2D eigenvalue weighted by molar-refractivity contribution is -0.146. The van der Waals surface area contributed by atoms with Gasteiger partial charge in [0.15, 0.2) is 0 Å². The van der Waals surface area contributed by atoms with Gasteiger partial charge in [-0.3, -0.25) is 14.4 Å². The number of fused-ring (bicyclic) bond motifs is 3. The van der Waals surface area contributed by atoms with Gasteiger partial charge in [-0.2, -0.15) is 0 Å². The topological polar surface area (TPSA) is 109 Å². The van der Waals surface area contributed by atoms with Crippen LogP contribution in [0.25, 0.3) is 0 Å². The molecule has 1 saturated carbocycles. The molecular weight excluding hydrogens is 328 g/mol. The number of carboxylic acid groups (broad SMARTS) is 1. The molecule has 0 aliphatic heterocycles. The maximum absolute atomic E-state index is 12.8. The van der Waals surface area contributed by atoms with E-state index < -0.39 is 23.7 Å². The number of aryl methyl sites for hydroxylation is 1. The largest absolute Gasteiger partial charge is 0.481 e. The monoisotopic (exact) mass is 346 g/mol. The van der Waals surface area contributed by atoms with Crippen LogP contribution in [0.1, 0.15) is 33.6 Å². The number of carboxylic acids is 1. The van der Waals surface area contributed by atoms with E-state index in [1.165, 1.54) is 11.3 Å². The van der Waals surface area contributed by atoms with E-state index in [0.717, 1.165) is 29.7 Å². The Labute approximate surface area is 142 Å². The number of amides is 2. The molecule has 6 nitrogen and oxygen atoms in total. The van der Waals surface area contributed by atoms with Crippen LogP contribution in [0.15, 0.2) is 12.2 Å². The van der Waals surface area contributed by atoms with E-state index in [1.54, 1.807) is 0 Å². The Balaban J connectivity index is 1.62. The van der Waals surface area contributed by atoms with Gasteiger partial charge in [-0.15, -0.1) is 11.3 Å². The average molecular weight is 346 g/mol. The number of nitrogens with one attached hydrogen (secondary N) is 1. The zero-order valence-corrected chi connectivity index (χ0v) is 13.8. The zero-order chi connectivity index (χ0) is 17.0. The van der Waals surface area contributed by atoms with Gasteiger partial charge in [0.1, 0.15) is 5.00 Å². The minimum absolute atomic E-state index is 0.0417. The van der Waals surface area contributed by atoms with Crippen molar-refractivity contribution >= 4 is 34.1 Å². The van der Waals surface area contributed by atoms with Crippen LogP contribution >= 0.6 is 11.3 Å². The van der Waals surface area contributed by atoms with Crippen molar-refractivity contribution in [3.8, 4) is 0 Å². The highest BCUT2D eigenvalue weighted by Crippen LogP contribution is 2.49. The van der Waals surface area contributed by atoms with Crippen LogP contribution in [0.3, 0.4) is 0 Å². The molecule has 4 unspecified atom stereocenters. The van der Waals surface area contributed by atoms with Crippen LogP contribution in [-0.4, -0.2) is 22.9 Å². The fourth-order valence-corrected chi connectivity index (χ4v) is 5.76. The van der Waals surface area contributed by atoms with Crippen molar-refractivity contribution in [3.63, 3.8) is 0 Å². The minimum atomic E-state index is -0.934. The first-order chi connectivity index (χ1) is 11.5. The van der Waals surface area contributed by atoms with Crippen LogP contribution in [0.2, 0.25) is 0 Å². The van der Waals surface area contributed by atoms with E-state index in [1.807, 2.05) is 12.2 Å². The number of anilines is 1. The second kappa shape index (κ2) is 5.44. The molecule has 3 aliphatic rings. The number of hydrogen-bond acceptors (Lipinski definition) is 4. The number of rotatable bonds is 4. The number of allylic oxidation sites excluding steroid dienone is 2. The third-order valence-corrected chi connectivity index (χ3v) is 6.66. The predicted molar refractivity (Wildman–Crippen MR) is 88.8 cm³/mol. The second-order valence-corrected chi connectivity index (χ2v) is 7.86. The summed E-state index contributed by atoms with van der Waals surface area (Å²) < 4.78 is 0. The van der Waals surface area contributed by atoms with E-state index in [-0.39, 0.29) is 17.7 Å². The maximum atomic E-state index is 12.8. The third-order valence-electron chi connectivity index (χ3n) is 5.45. The summed E-state index contributed by atoms with van der Waals surface area (Å²) >= 11 is 1.40. The molecule has 126 valence electrons. The molecule has 1 aromatic rings. The predicted octanol–water partition coefficient (Wildman–Crippen LogP) is 1.80. The molecule has 1 fully saturated rings. The maximum Gasteiger partial charge on any atom is 0.307 e. The summed E-state index contributed by atoms with van der Waals surface area (Å²) in [7, 11) is 0. The van der Waals surface area contributed by atoms with Crippen LogP contribution in [0, 0.1) is 23.7 Å². The summed E-state index contributed by atoms with van der Waals surface area (Å²) in [6.45, 7) is 0. The van der Waals surface area contributed by atoms with Crippen LogP contribution < -0.4 is 11.1 Å². The van der Waals surface area contributed by atoms with E-state index in [2.05, 4.69) is 5.32 Å². The van der Waals surface area contributed by atoms with Gasteiger partial charge in [-0.1, -0.05) is 12.2 Å². The van der Waals surface area contributed by atoms with Crippen LogP contribution in [0.4, 0.5) is 5.00 Å². The van der Waals surface area contributed by atoms with E-state index >= 15 is 0 Å². The van der Waals surface area contributed by atoms with Gasteiger partial charge in [-0.05, 0) is 43.1 Å². The summed E-state index contributed by atoms with van der Waals surface area (Å²) in [6, 6.07) is 0. The number of nitrogens with two attached hydrogens (primary N) is 1. The molecular formula is C17H18N2O4S. The molecule has 24 heavy (non-hydrogen) atoms. The van der Waals surface area contributed by atoms with Crippen molar-refractivity contribution in [1.82, 2.24) is 0 Å². The van der Waals surface area contributed by atoms with Gasteiger partial charge in [0.05, 0.1) is 17.4 Å². The second-order valence-electron chi connectivity index (χ2n) is 6.75. The molecule has 3 aliphatic carbocycles. The van der Waals surface area contributed by atoms with E-state index in [4.69, 9.17) is 5.73 Å². The lowest BCUT2D eigenvalue weighted by atomic mass is 9.82. The van der Waals surface area contributed by atoms with Crippen molar-refractivity contribution in [2.45, 2.75) is 25.7 Å². The van der Waals surface area contributed by atoms with Gasteiger partial charge < -0.3 is 16.2 Å². The fraction of sp³-hybridized carbons (Fsp3) is 0.471. The van der Waals surface area contributed by atoms with Gasteiger partial charge in [0, 0.05) is 4.88 Å². The number of carbonyl (C=O) groups excluding carboxylic acids is 2. The Hall–Kier alpha value is -2.15. The molecule has 2 bridgehead atoms. The van der Waals surface area contributed by atoms with Gasteiger partial charge >= 0.3 is 5.97 Å². The molecule has 7 heteroatoms. The zero-order valence-electron chi connectivity index (χ0n) is 13.0. The van der Waals surface area contributed by atoms with Crippen molar-refractivity contribution in [1.29, 1.82) is 0 Å². The molecule has 2 amide bonds. The van der Waals surface area contributed by atoms with Crippen molar-refractivity contribution in [2.24, 2.45) is 29.4 Å². The Bertz CT molecular complexity index is 782. The lowest BCUT2D eigenvalue weighted by Crippen LogP contribution is -2.36. The highest BCUT2D eigenvalue weighted by atomic mass is 32.1. The summed E-state index contributed by atoms with van der Waals surface area (Å²) in [5.74, 6) is -3.18. The van der Waals surface area contributed by atoms with Crippen LogP contribution in [0.5, 0.6) is 0 Å². The summed E-state index contributed by atoms with van der Waals surface area (Å²) in [5.41, 5.74) is 6.87. The van der Waals surface area contributed by atoms with Gasteiger partial charge in [-0.25, -0.2) is 0 Å². The first-order valence-electron chi connectivity index (χ1n) is 8.13. The minimum Gasteiger partial charge on any atom is -0.481 e. The molecule has 0 radical (unpaired) electrons. The Morgan fingerprint density at radius 3 is 2.54 bits per heavy atom. The smallest absolute Gasteiger partial charge is 0.307 e. The van der Waals surface area contributed by atoms with Crippen molar-refractivity contribution in [3.05, 3.63) is 28.2 Å². The van der Waals surface area contributed by atoms with Crippen molar-refractivity contribution in [2.75, 3.05) is 5.32 Å². The number of aliphatic carboxylic acids is 1. The molecule has 1 heterocycles.